The molecule has 4 heteroatoms. The van der Waals surface area contributed by atoms with E-state index in [1.165, 1.54) is 10.4 Å². The third-order valence-corrected chi connectivity index (χ3v) is 5.26. The van der Waals surface area contributed by atoms with Gasteiger partial charge in [0.05, 0.1) is 6.54 Å². The summed E-state index contributed by atoms with van der Waals surface area (Å²) in [5.74, 6) is 0.145. The summed E-state index contributed by atoms with van der Waals surface area (Å²) in [5, 5.41) is 2.16. The molecule has 1 atom stereocenters. The molecule has 0 aliphatic carbocycles. The van der Waals surface area contributed by atoms with Crippen molar-refractivity contribution in [3.8, 4) is 0 Å². The summed E-state index contributed by atoms with van der Waals surface area (Å²) in [6.45, 7) is 3.63. The standard InChI is InChI=1S/C17H20N2OS/c1-13-15-9-11-21-16(15)8-10-19(13)12-17(20)18(2)14-6-4-3-5-7-14/h3-7,9,11,13H,8,10,12H2,1-2H3/t13-/m1/s1. The molecule has 1 aliphatic heterocycles. The highest BCUT2D eigenvalue weighted by Gasteiger charge is 2.27. The fraction of sp³-hybridized carbons (Fsp3) is 0.353. The highest BCUT2D eigenvalue weighted by atomic mass is 32.1. The maximum absolute atomic E-state index is 12.5. The van der Waals surface area contributed by atoms with Crippen molar-refractivity contribution in [3.63, 3.8) is 0 Å². The number of para-hydroxylation sites is 1. The lowest BCUT2D eigenvalue weighted by atomic mass is 10.0. The number of anilines is 1. The summed E-state index contributed by atoms with van der Waals surface area (Å²) in [5.41, 5.74) is 2.34. The number of carbonyl (C=O) groups excluding carboxylic acids is 1. The van der Waals surface area contributed by atoms with E-state index in [1.54, 1.807) is 4.90 Å². The molecule has 0 N–H and O–H groups in total. The Hall–Kier alpha value is -1.65. The van der Waals surface area contributed by atoms with Crippen molar-refractivity contribution < 1.29 is 4.79 Å². The summed E-state index contributed by atoms with van der Waals surface area (Å²) in [6.07, 6.45) is 1.06. The van der Waals surface area contributed by atoms with Crippen molar-refractivity contribution >= 4 is 22.9 Å². The number of hydrogen-bond acceptors (Lipinski definition) is 3. The number of rotatable bonds is 3. The Labute approximate surface area is 129 Å². The van der Waals surface area contributed by atoms with Crippen LogP contribution in [0.15, 0.2) is 41.8 Å². The van der Waals surface area contributed by atoms with Gasteiger partial charge in [-0.25, -0.2) is 0 Å². The van der Waals surface area contributed by atoms with Gasteiger partial charge >= 0.3 is 0 Å². The molecule has 21 heavy (non-hydrogen) atoms. The molecule has 110 valence electrons. The second kappa shape index (κ2) is 6.00. The van der Waals surface area contributed by atoms with E-state index in [1.807, 2.05) is 48.7 Å². The van der Waals surface area contributed by atoms with Crippen LogP contribution in [0.25, 0.3) is 0 Å². The minimum Gasteiger partial charge on any atom is -0.314 e. The van der Waals surface area contributed by atoms with E-state index in [4.69, 9.17) is 0 Å². The predicted octanol–water partition coefficient (Wildman–Crippen LogP) is 3.33. The van der Waals surface area contributed by atoms with E-state index < -0.39 is 0 Å². The average Bonchev–Trinajstić information content (AvgIpc) is 2.99. The molecule has 0 fully saturated rings. The van der Waals surface area contributed by atoms with Crippen LogP contribution < -0.4 is 4.90 Å². The molecular weight excluding hydrogens is 280 g/mol. The van der Waals surface area contributed by atoms with Gasteiger partial charge in [-0.05, 0) is 42.5 Å². The quantitative estimate of drug-likeness (QED) is 0.868. The zero-order valence-electron chi connectivity index (χ0n) is 12.5. The number of fused-ring (bicyclic) bond motifs is 1. The van der Waals surface area contributed by atoms with E-state index in [-0.39, 0.29) is 5.91 Å². The summed E-state index contributed by atoms with van der Waals surface area (Å²) >= 11 is 1.83. The number of carbonyl (C=O) groups is 1. The fourth-order valence-corrected chi connectivity index (χ4v) is 3.82. The van der Waals surface area contributed by atoms with Crippen molar-refractivity contribution in [2.45, 2.75) is 19.4 Å². The Balaban J connectivity index is 1.68. The lowest BCUT2D eigenvalue weighted by molar-refractivity contribution is -0.120. The van der Waals surface area contributed by atoms with Gasteiger partial charge in [-0.15, -0.1) is 11.3 Å². The maximum Gasteiger partial charge on any atom is 0.240 e. The highest BCUT2D eigenvalue weighted by molar-refractivity contribution is 7.10. The Morgan fingerprint density at radius 2 is 2.10 bits per heavy atom. The van der Waals surface area contributed by atoms with Crippen LogP contribution in [0, 0.1) is 0 Å². The molecule has 0 saturated carbocycles. The molecule has 0 saturated heterocycles. The first-order valence-corrected chi connectivity index (χ1v) is 8.16. The molecule has 1 aromatic heterocycles. The number of nitrogens with zero attached hydrogens (tertiary/aromatic N) is 2. The van der Waals surface area contributed by atoms with Crippen LogP contribution in [0.3, 0.4) is 0 Å². The molecule has 1 amide bonds. The van der Waals surface area contributed by atoms with Crippen LogP contribution >= 0.6 is 11.3 Å². The topological polar surface area (TPSA) is 23.6 Å². The summed E-state index contributed by atoms with van der Waals surface area (Å²) in [4.78, 5) is 18.0. The van der Waals surface area contributed by atoms with Gasteiger partial charge in [-0.1, -0.05) is 18.2 Å². The first-order chi connectivity index (χ1) is 10.2. The van der Waals surface area contributed by atoms with Gasteiger partial charge in [0.2, 0.25) is 5.91 Å². The Morgan fingerprint density at radius 3 is 2.86 bits per heavy atom. The molecule has 0 unspecified atom stereocenters. The average molecular weight is 300 g/mol. The minimum absolute atomic E-state index is 0.145. The minimum atomic E-state index is 0.145. The summed E-state index contributed by atoms with van der Waals surface area (Å²) in [6, 6.07) is 12.3. The SMILES string of the molecule is C[C@@H]1c2ccsc2CCN1CC(=O)N(C)c1ccccc1. The third-order valence-electron chi connectivity index (χ3n) is 4.26. The Morgan fingerprint density at radius 1 is 1.33 bits per heavy atom. The van der Waals surface area contributed by atoms with Crippen molar-refractivity contribution in [1.82, 2.24) is 4.90 Å². The smallest absolute Gasteiger partial charge is 0.240 e. The second-order valence-electron chi connectivity index (χ2n) is 5.48. The molecule has 0 bridgehead atoms. The summed E-state index contributed by atoms with van der Waals surface area (Å²) < 4.78 is 0. The monoisotopic (exact) mass is 300 g/mol. The lowest BCUT2D eigenvalue weighted by Gasteiger charge is -2.34. The number of hydrogen-bond donors (Lipinski definition) is 0. The van der Waals surface area contributed by atoms with Crippen LogP contribution in [0.4, 0.5) is 5.69 Å². The molecule has 3 nitrogen and oxygen atoms in total. The normalized spacial score (nSPS) is 18.3. The number of likely N-dealkylation sites (N-methyl/N-ethyl adjacent to an activating group) is 1. The van der Waals surface area contributed by atoms with Gasteiger partial charge in [0.25, 0.3) is 0 Å². The predicted molar refractivity (Wildman–Crippen MR) is 87.9 cm³/mol. The molecule has 1 aliphatic rings. The van der Waals surface area contributed by atoms with Gasteiger partial charge in [-0.2, -0.15) is 0 Å². The fourth-order valence-electron chi connectivity index (χ4n) is 2.85. The molecule has 3 rings (SSSR count). The van der Waals surface area contributed by atoms with Gasteiger partial charge in [0, 0.05) is 30.2 Å². The van der Waals surface area contributed by atoms with Gasteiger partial charge in [0.1, 0.15) is 0 Å². The Kier molecular flexibility index (Phi) is 4.08. The molecule has 0 radical (unpaired) electrons. The van der Waals surface area contributed by atoms with Crippen LogP contribution in [-0.2, 0) is 11.2 Å². The van der Waals surface area contributed by atoms with Gasteiger partial charge in [-0.3, -0.25) is 9.69 Å². The van der Waals surface area contributed by atoms with Crippen LogP contribution in [0.2, 0.25) is 0 Å². The van der Waals surface area contributed by atoms with Crippen molar-refractivity contribution in [2.75, 3.05) is 25.0 Å². The molecule has 2 heterocycles. The van der Waals surface area contributed by atoms with Crippen molar-refractivity contribution in [3.05, 3.63) is 52.2 Å². The zero-order valence-corrected chi connectivity index (χ0v) is 13.3. The van der Waals surface area contributed by atoms with Crippen molar-refractivity contribution in [1.29, 1.82) is 0 Å². The lowest BCUT2D eigenvalue weighted by Crippen LogP contribution is -2.42. The first-order valence-electron chi connectivity index (χ1n) is 7.28. The molecule has 2 aromatic rings. The zero-order chi connectivity index (χ0) is 14.8. The number of amides is 1. The number of benzene rings is 1. The van der Waals surface area contributed by atoms with Crippen molar-refractivity contribution in [2.24, 2.45) is 0 Å². The van der Waals surface area contributed by atoms with Crippen LogP contribution in [-0.4, -0.2) is 30.9 Å². The molecule has 0 spiro atoms. The van der Waals surface area contributed by atoms with E-state index in [0.717, 1.165) is 18.7 Å². The van der Waals surface area contributed by atoms with E-state index >= 15 is 0 Å². The van der Waals surface area contributed by atoms with Gasteiger partial charge in [0.15, 0.2) is 0 Å². The van der Waals surface area contributed by atoms with E-state index in [0.29, 0.717) is 12.6 Å². The largest absolute Gasteiger partial charge is 0.314 e. The van der Waals surface area contributed by atoms with Crippen LogP contribution in [0.1, 0.15) is 23.4 Å². The first kappa shape index (κ1) is 14.3. The van der Waals surface area contributed by atoms with Gasteiger partial charge < -0.3 is 4.90 Å². The second-order valence-corrected chi connectivity index (χ2v) is 6.48. The Bertz CT molecular complexity index is 623. The number of thiophene rings is 1. The van der Waals surface area contributed by atoms with Crippen LogP contribution in [0.5, 0.6) is 0 Å². The molecule has 1 aromatic carbocycles. The van der Waals surface area contributed by atoms with E-state index in [9.17, 15) is 4.79 Å². The third kappa shape index (κ3) is 2.87. The highest BCUT2D eigenvalue weighted by Crippen LogP contribution is 2.32. The molecular formula is C17H20N2OS. The maximum atomic E-state index is 12.5. The summed E-state index contributed by atoms with van der Waals surface area (Å²) in [7, 11) is 1.85. The van der Waals surface area contributed by atoms with E-state index in [2.05, 4.69) is 23.3 Å².